The molecule has 45 heavy (non-hydrogen) atoms. The Morgan fingerprint density at radius 1 is 0.622 bits per heavy atom. The number of rotatable bonds is 5. The topological polar surface area (TPSA) is 3.24 Å². The van der Waals surface area contributed by atoms with Gasteiger partial charge in [-0.15, -0.1) is 9.24 Å². The predicted molar refractivity (Wildman–Crippen MR) is 176 cm³/mol. The van der Waals surface area contributed by atoms with E-state index < -0.39 is 29.1 Å². The van der Waals surface area contributed by atoms with Gasteiger partial charge in [0.15, 0.2) is 29.1 Å². The zero-order valence-electron chi connectivity index (χ0n) is 24.5. The van der Waals surface area contributed by atoms with Gasteiger partial charge in [0.25, 0.3) is 0 Å². The summed E-state index contributed by atoms with van der Waals surface area (Å²) in [5.74, 6) is -5.83. The van der Waals surface area contributed by atoms with E-state index in [4.69, 9.17) is 0 Å². The highest BCUT2D eigenvalue weighted by molar-refractivity contribution is 7.27. The lowest BCUT2D eigenvalue weighted by Crippen LogP contribution is -2.23. The van der Waals surface area contributed by atoms with E-state index in [9.17, 15) is 22.0 Å². The van der Waals surface area contributed by atoms with E-state index in [1.54, 1.807) is 6.07 Å². The normalized spacial score (nSPS) is 13.2. The fraction of sp³-hybridized carbons (Fsp3) is 0.158. The first kappa shape index (κ1) is 29.6. The molecule has 226 valence electrons. The largest absolute Gasteiger partial charge is 0.295 e. The molecule has 0 aliphatic carbocycles. The summed E-state index contributed by atoms with van der Waals surface area (Å²) >= 11 is 0. The molecule has 0 amide bonds. The Kier molecular flexibility index (Phi) is 7.67. The number of nitrogens with zero attached hydrogens (tertiary/aromatic N) is 1. The van der Waals surface area contributed by atoms with Gasteiger partial charge in [0.2, 0.25) is 0 Å². The van der Waals surface area contributed by atoms with E-state index in [-0.39, 0.29) is 10.9 Å². The molecule has 0 aromatic heterocycles. The van der Waals surface area contributed by atoms with Gasteiger partial charge in [-0.05, 0) is 115 Å². The first-order chi connectivity index (χ1) is 21.7. The van der Waals surface area contributed by atoms with Crippen molar-refractivity contribution < 1.29 is 22.0 Å². The number of unbranched alkanes of at least 4 members (excludes halogenated alkanes) is 1. The van der Waals surface area contributed by atoms with Crippen LogP contribution >= 0.6 is 9.24 Å². The second-order valence-corrected chi connectivity index (χ2v) is 12.3. The van der Waals surface area contributed by atoms with Crippen LogP contribution in [0.4, 0.5) is 22.0 Å². The van der Waals surface area contributed by atoms with Crippen molar-refractivity contribution in [2.24, 2.45) is 0 Å². The van der Waals surface area contributed by atoms with Gasteiger partial charge in [-0.1, -0.05) is 61.9 Å². The van der Waals surface area contributed by atoms with Gasteiger partial charge in [0.05, 0.1) is 0 Å². The van der Waals surface area contributed by atoms with Crippen LogP contribution in [0.15, 0.2) is 84.9 Å². The smallest absolute Gasteiger partial charge is 0.194 e. The van der Waals surface area contributed by atoms with Crippen molar-refractivity contribution in [3.05, 3.63) is 125 Å². The molecule has 6 aromatic carbocycles. The van der Waals surface area contributed by atoms with E-state index in [0.717, 1.165) is 80.9 Å². The maximum atomic E-state index is 14.9. The van der Waals surface area contributed by atoms with Gasteiger partial charge >= 0.3 is 0 Å². The number of hydrogen-bond acceptors (Lipinski definition) is 1. The summed E-state index contributed by atoms with van der Waals surface area (Å²) in [5, 5.41) is 3.85. The summed E-state index contributed by atoms with van der Waals surface area (Å²) in [6.45, 7) is 3.83. The van der Waals surface area contributed by atoms with Crippen molar-refractivity contribution in [3.63, 3.8) is 0 Å². The maximum absolute atomic E-state index is 14.9. The fourth-order valence-electron chi connectivity index (χ4n) is 6.72. The van der Waals surface area contributed by atoms with Crippen LogP contribution in [-0.4, -0.2) is 11.4 Å². The molecule has 7 rings (SSSR count). The minimum atomic E-state index is -1.50. The van der Waals surface area contributed by atoms with Crippen molar-refractivity contribution in [1.82, 2.24) is 4.90 Å². The molecule has 0 radical (unpaired) electrons. The van der Waals surface area contributed by atoms with Crippen LogP contribution in [0.5, 0.6) is 0 Å². The van der Waals surface area contributed by atoms with Gasteiger partial charge in [0.1, 0.15) is 0 Å². The van der Waals surface area contributed by atoms with E-state index in [1.165, 1.54) is 6.07 Å². The Morgan fingerprint density at radius 2 is 1.09 bits per heavy atom. The van der Waals surface area contributed by atoms with Gasteiger partial charge < -0.3 is 0 Å². The van der Waals surface area contributed by atoms with E-state index >= 15 is 0 Å². The number of halogens is 5. The molecular weight excluding hydrogens is 596 g/mol. The molecule has 0 fully saturated rings. The van der Waals surface area contributed by atoms with Crippen LogP contribution < -0.4 is 5.30 Å². The fourth-order valence-corrected chi connectivity index (χ4v) is 7.03. The number of benzene rings is 6. The van der Waals surface area contributed by atoms with Crippen molar-refractivity contribution in [2.45, 2.75) is 32.9 Å². The van der Waals surface area contributed by atoms with Gasteiger partial charge in [-0.2, -0.15) is 0 Å². The number of fused-ring (bicyclic) bond motifs is 7. The van der Waals surface area contributed by atoms with Crippen LogP contribution in [0.2, 0.25) is 0 Å². The molecule has 7 heteroatoms. The molecule has 1 nitrogen and oxygen atoms in total. The van der Waals surface area contributed by atoms with Crippen LogP contribution in [-0.2, 0) is 13.1 Å². The lowest BCUT2D eigenvalue weighted by molar-refractivity contribution is 0.256. The van der Waals surface area contributed by atoms with Crippen molar-refractivity contribution in [2.75, 3.05) is 6.54 Å². The molecule has 1 atom stereocenters. The Balaban J connectivity index is 1.66. The quantitative estimate of drug-likeness (QED) is 0.105. The lowest BCUT2D eigenvalue weighted by Gasteiger charge is -2.23. The Morgan fingerprint density at radius 3 is 1.58 bits per heavy atom. The zero-order chi connectivity index (χ0) is 31.4. The molecule has 1 heterocycles. The van der Waals surface area contributed by atoms with Crippen LogP contribution in [0.3, 0.4) is 0 Å². The first-order valence-corrected chi connectivity index (χ1v) is 15.5. The molecule has 0 spiro atoms. The average molecular weight is 626 g/mol. The van der Waals surface area contributed by atoms with Crippen molar-refractivity contribution in [3.8, 4) is 33.4 Å². The molecular formula is C38H29F5NP. The van der Waals surface area contributed by atoms with Crippen LogP contribution in [0.1, 0.15) is 30.9 Å². The van der Waals surface area contributed by atoms with Crippen LogP contribution in [0, 0.1) is 29.1 Å². The molecule has 1 aliphatic rings. The SMILES string of the molecule is CCCCN1Cc2c(-c3cc(F)c(F)c(F)c3)cc3ccccc3c2-c2c(c(-c3cc(F)c(F)c(P)c3)cc3ccccc23)C1. The lowest BCUT2D eigenvalue weighted by atomic mass is 9.82. The third-order valence-corrected chi connectivity index (χ3v) is 9.24. The first-order valence-electron chi connectivity index (χ1n) is 15.0. The monoisotopic (exact) mass is 625 g/mol. The third kappa shape index (κ3) is 5.10. The summed E-state index contributed by atoms with van der Waals surface area (Å²) < 4.78 is 72.9. The average Bonchev–Trinajstić information content (AvgIpc) is 3.21. The van der Waals surface area contributed by atoms with E-state index in [0.29, 0.717) is 24.2 Å². The van der Waals surface area contributed by atoms with Crippen molar-refractivity contribution in [1.29, 1.82) is 0 Å². The van der Waals surface area contributed by atoms with Gasteiger partial charge in [0, 0.05) is 18.4 Å². The summed E-state index contributed by atoms with van der Waals surface area (Å²) in [7, 11) is 2.29. The second-order valence-electron chi connectivity index (χ2n) is 11.7. The minimum absolute atomic E-state index is 0.136. The summed E-state index contributed by atoms with van der Waals surface area (Å²) in [5.41, 5.74) is 5.89. The van der Waals surface area contributed by atoms with Gasteiger partial charge in [-0.25, -0.2) is 22.0 Å². The molecule has 0 N–H and O–H groups in total. The number of hydrogen-bond donors (Lipinski definition) is 0. The molecule has 0 bridgehead atoms. The Hall–Kier alpha value is -4.12. The Labute approximate surface area is 260 Å². The van der Waals surface area contributed by atoms with E-state index in [2.05, 4.69) is 27.1 Å². The molecule has 0 saturated carbocycles. The molecule has 0 saturated heterocycles. The molecule has 1 unspecified atom stereocenters. The van der Waals surface area contributed by atoms with Crippen molar-refractivity contribution >= 4 is 36.1 Å². The highest BCUT2D eigenvalue weighted by Crippen LogP contribution is 2.48. The minimum Gasteiger partial charge on any atom is -0.295 e. The zero-order valence-corrected chi connectivity index (χ0v) is 25.7. The summed E-state index contributed by atoms with van der Waals surface area (Å²) in [6, 6.07) is 24.8. The highest BCUT2D eigenvalue weighted by atomic mass is 31.0. The summed E-state index contributed by atoms with van der Waals surface area (Å²) in [6.07, 6.45) is 1.87. The Bertz CT molecular complexity index is 1950. The third-order valence-electron chi connectivity index (χ3n) is 8.82. The highest BCUT2D eigenvalue weighted by Gasteiger charge is 2.29. The molecule has 1 aliphatic heterocycles. The van der Waals surface area contributed by atoms with E-state index in [1.807, 2.05) is 54.6 Å². The molecule has 6 aromatic rings. The van der Waals surface area contributed by atoms with Crippen LogP contribution in [0.25, 0.3) is 54.9 Å². The summed E-state index contributed by atoms with van der Waals surface area (Å²) in [4.78, 5) is 2.29. The standard InChI is InChI=1S/C38H29F5NP/c1-2-3-12-44-19-29-27(23-15-31(39)37(42)32(40)16-23)13-21-8-4-6-10-25(21)35(29)36-26-11-7-5-9-22(26)14-28(30(36)20-44)24-17-33(41)38(43)34(45)18-24/h4-11,13-18H,2-3,12,19-20,45H2,1H3. The predicted octanol–water partition coefficient (Wildman–Crippen LogP) is 10.3. The van der Waals surface area contributed by atoms with Gasteiger partial charge in [-0.3, -0.25) is 4.90 Å². The maximum Gasteiger partial charge on any atom is 0.194 e. The second kappa shape index (κ2) is 11.7.